The molecule has 0 unspecified atom stereocenters. The predicted molar refractivity (Wildman–Crippen MR) is 205 cm³/mol. The van der Waals surface area contributed by atoms with Gasteiger partial charge in [-0.25, -0.2) is 0 Å². The molecule has 2 aliphatic carbocycles. The largest absolute Gasteiger partial charge is 0.504 e. The number of carbonyl (C=O) groups excluding carboxylic acids is 1. The lowest BCUT2D eigenvalue weighted by molar-refractivity contribution is -0.125. The third-order valence-corrected chi connectivity index (χ3v) is 12.8. The van der Waals surface area contributed by atoms with Gasteiger partial charge in [0.2, 0.25) is 0 Å². The van der Waals surface area contributed by atoms with Gasteiger partial charge in [-0.1, -0.05) is 40.2 Å². The van der Waals surface area contributed by atoms with Gasteiger partial charge in [0, 0.05) is 38.5 Å². The van der Waals surface area contributed by atoms with Gasteiger partial charge in [0.1, 0.15) is 5.60 Å². The summed E-state index contributed by atoms with van der Waals surface area (Å²) >= 11 is 0. The van der Waals surface area contributed by atoms with Gasteiger partial charge in [0.15, 0.2) is 34.7 Å². The molecule has 2 saturated carbocycles. The van der Waals surface area contributed by atoms with Crippen LogP contribution in [0.4, 0.5) is 5.69 Å². The summed E-state index contributed by atoms with van der Waals surface area (Å²) in [6.07, 6.45) is 12.3. The molecule has 0 spiro atoms. The zero-order valence-corrected chi connectivity index (χ0v) is 31.5. The Labute approximate surface area is 305 Å². The van der Waals surface area contributed by atoms with Crippen molar-refractivity contribution in [3.63, 3.8) is 0 Å². The summed E-state index contributed by atoms with van der Waals surface area (Å²) in [6, 6.07) is 9.30. The molecule has 50 heavy (non-hydrogen) atoms. The van der Waals surface area contributed by atoms with Crippen LogP contribution in [0.1, 0.15) is 62.5 Å². The minimum atomic E-state index is -0.526. The van der Waals surface area contributed by atoms with E-state index < -0.39 is 11.0 Å². The summed E-state index contributed by atoms with van der Waals surface area (Å²) in [5.41, 5.74) is 1.53. The van der Waals surface area contributed by atoms with Gasteiger partial charge in [0.25, 0.3) is 0 Å². The number of aliphatic imine (C=N–C) groups is 1. The second kappa shape index (κ2) is 17.9. The van der Waals surface area contributed by atoms with Gasteiger partial charge in [-0.3, -0.25) is 9.79 Å². The summed E-state index contributed by atoms with van der Waals surface area (Å²) in [6.45, 7) is 1.40. The van der Waals surface area contributed by atoms with Crippen molar-refractivity contribution in [2.75, 3.05) is 58.4 Å². The molecule has 0 aromatic heterocycles. The number of phenols is 2. The van der Waals surface area contributed by atoms with Gasteiger partial charge >= 0.3 is 0 Å². The molecule has 10 nitrogen and oxygen atoms in total. The van der Waals surface area contributed by atoms with Gasteiger partial charge < -0.3 is 40.4 Å². The minimum absolute atomic E-state index is 0.0545. The predicted octanol–water partition coefficient (Wildman–Crippen LogP) is 6.71. The standard InChI is InChI=1S/C38H54N4O6S2/c1-39-24-37(16-13-26(21-37)14-17-46-3)48-33-19-27-8-5-6-10-34(44)38(22-28-11-12-31(43)32(20-28)47-4)15-7-9-29(38)23-49-50-25-41-36(40-2)42-30(18-27)35(33)45/h6,10-12,18-20,26,29,39,43,45H,5,7-9,13-17,21-25H2,1-4H3,(H2,40,41,42)/t26-,29-,37-,38-/m1/s1. The number of anilines is 1. The number of hydrogen-bond acceptors (Lipinski definition) is 10. The quantitative estimate of drug-likeness (QED) is 0.132. The van der Waals surface area contributed by atoms with Crippen LogP contribution in [0.5, 0.6) is 23.0 Å². The number of ether oxygens (including phenoxy) is 3. The smallest absolute Gasteiger partial charge is 0.196 e. The highest BCUT2D eigenvalue weighted by Crippen LogP contribution is 2.50. The normalized spacial score (nSPS) is 27.0. The van der Waals surface area contributed by atoms with Crippen LogP contribution in [0.25, 0.3) is 0 Å². The Morgan fingerprint density at radius 1 is 1.10 bits per heavy atom. The van der Waals surface area contributed by atoms with Crippen molar-refractivity contribution in [2.45, 2.75) is 69.8 Å². The topological polar surface area (TPSA) is 134 Å². The van der Waals surface area contributed by atoms with E-state index in [-0.39, 0.29) is 23.2 Å². The van der Waals surface area contributed by atoms with Crippen LogP contribution in [0, 0.1) is 17.3 Å². The van der Waals surface area contributed by atoms with Crippen LogP contribution in [0.3, 0.4) is 0 Å². The SMILES string of the molecule is CN=C1NCSSC[C@H]2CCC[C@]2(Cc2ccc(O)c(OC)c2)C(=O)C=CCCc2cc(c(O)c(O[C@]3(CNC)CC[C@H](CCOC)C3)c2)N1. The molecule has 0 radical (unpaired) electrons. The number of methoxy groups -OCH3 is 2. The van der Waals surface area contributed by atoms with Crippen molar-refractivity contribution in [3.05, 3.63) is 53.6 Å². The van der Waals surface area contributed by atoms with Crippen molar-refractivity contribution in [3.8, 4) is 23.0 Å². The molecular formula is C38H54N4O6S2. The number of hydrogen-bond donors (Lipinski definition) is 5. The van der Waals surface area contributed by atoms with Crippen LogP contribution < -0.4 is 25.4 Å². The molecule has 274 valence electrons. The maximum atomic E-state index is 14.2. The fourth-order valence-corrected chi connectivity index (χ4v) is 10.2. The van der Waals surface area contributed by atoms with Gasteiger partial charge in [-0.2, -0.15) is 0 Å². The van der Waals surface area contributed by atoms with Crippen LogP contribution >= 0.6 is 21.6 Å². The van der Waals surface area contributed by atoms with E-state index in [9.17, 15) is 15.0 Å². The number of phenolic OH excluding ortho intramolecular Hbond substituents is 2. The summed E-state index contributed by atoms with van der Waals surface area (Å²) in [5.74, 6) is 3.88. The third-order valence-electron chi connectivity index (χ3n) is 10.6. The van der Waals surface area contributed by atoms with Crippen molar-refractivity contribution in [1.82, 2.24) is 10.6 Å². The second-order valence-electron chi connectivity index (χ2n) is 13.9. The molecular weight excluding hydrogens is 673 g/mol. The van der Waals surface area contributed by atoms with Gasteiger partial charge in [-0.05, 0) is 118 Å². The summed E-state index contributed by atoms with van der Waals surface area (Å²) in [5, 5.41) is 31.8. The van der Waals surface area contributed by atoms with E-state index in [0.29, 0.717) is 60.7 Å². The molecule has 2 aromatic carbocycles. The van der Waals surface area contributed by atoms with E-state index >= 15 is 0 Å². The molecule has 2 aromatic rings. The summed E-state index contributed by atoms with van der Waals surface area (Å²) < 4.78 is 17.5. The number of benzene rings is 2. The molecule has 5 N–H and O–H groups in total. The van der Waals surface area contributed by atoms with Crippen LogP contribution in [0.15, 0.2) is 47.5 Å². The number of guanidine groups is 1. The van der Waals surface area contributed by atoms with E-state index in [0.717, 1.165) is 68.4 Å². The number of allylic oxidation sites excluding steroid dienone is 2. The zero-order valence-electron chi connectivity index (χ0n) is 29.9. The first-order valence-electron chi connectivity index (χ1n) is 17.7. The van der Waals surface area contributed by atoms with Gasteiger partial charge in [-0.15, -0.1) is 0 Å². The molecule has 3 aliphatic rings. The van der Waals surface area contributed by atoms with Crippen LogP contribution in [-0.4, -0.2) is 80.7 Å². The van der Waals surface area contributed by atoms with Crippen molar-refractivity contribution in [2.24, 2.45) is 22.2 Å². The van der Waals surface area contributed by atoms with Crippen molar-refractivity contribution in [1.29, 1.82) is 0 Å². The second-order valence-corrected chi connectivity index (χ2v) is 16.4. The molecule has 0 amide bonds. The first-order chi connectivity index (χ1) is 24.2. The molecule has 5 rings (SSSR count). The van der Waals surface area contributed by atoms with Crippen LogP contribution in [-0.2, 0) is 22.4 Å². The highest BCUT2D eigenvalue weighted by Gasteiger charge is 2.47. The molecule has 0 saturated heterocycles. The number of nitrogens with one attached hydrogen (secondary N) is 3. The molecule has 12 heteroatoms. The maximum Gasteiger partial charge on any atom is 0.196 e. The van der Waals surface area contributed by atoms with E-state index in [1.54, 1.807) is 55.0 Å². The Morgan fingerprint density at radius 3 is 2.74 bits per heavy atom. The zero-order chi connectivity index (χ0) is 35.6. The highest BCUT2D eigenvalue weighted by atomic mass is 33.1. The lowest BCUT2D eigenvalue weighted by Crippen LogP contribution is -2.42. The number of ketones is 1. The van der Waals surface area contributed by atoms with E-state index in [2.05, 4.69) is 20.9 Å². The Balaban J connectivity index is 1.42. The fraction of sp³-hybridized carbons (Fsp3) is 0.579. The number of likely N-dealkylation sites (N-methyl/N-ethyl adjacent to an activating group) is 1. The van der Waals surface area contributed by atoms with Crippen molar-refractivity contribution < 1.29 is 29.2 Å². The average molecular weight is 727 g/mol. The molecule has 4 atom stereocenters. The lowest BCUT2D eigenvalue weighted by atomic mass is 9.70. The fourth-order valence-electron chi connectivity index (χ4n) is 7.97. The van der Waals surface area contributed by atoms with E-state index in [1.807, 2.05) is 37.4 Å². The highest BCUT2D eigenvalue weighted by molar-refractivity contribution is 8.76. The lowest BCUT2D eigenvalue weighted by Gasteiger charge is -2.33. The summed E-state index contributed by atoms with van der Waals surface area (Å²) in [7, 11) is 10.4. The van der Waals surface area contributed by atoms with E-state index in [1.165, 1.54) is 0 Å². The Kier molecular flexibility index (Phi) is 13.7. The number of aromatic hydroxyl groups is 2. The maximum absolute atomic E-state index is 14.2. The average Bonchev–Trinajstić information content (AvgIpc) is 3.71. The first kappa shape index (κ1) is 38.2. The van der Waals surface area contributed by atoms with Crippen molar-refractivity contribution >= 4 is 39.0 Å². The van der Waals surface area contributed by atoms with Gasteiger partial charge in [0.05, 0.1) is 18.7 Å². The number of carbonyl (C=O) groups is 1. The van der Waals surface area contributed by atoms with Crippen LogP contribution in [0.2, 0.25) is 0 Å². The molecule has 1 aliphatic heterocycles. The Morgan fingerprint density at radius 2 is 1.96 bits per heavy atom. The minimum Gasteiger partial charge on any atom is -0.504 e. The first-order valence-corrected chi connectivity index (χ1v) is 20.2. The molecule has 2 bridgehead atoms. The monoisotopic (exact) mass is 726 g/mol. The molecule has 1 heterocycles. The summed E-state index contributed by atoms with van der Waals surface area (Å²) in [4.78, 5) is 18.7. The number of rotatable bonds is 10. The number of aryl methyl sites for hydroxylation is 1. The number of nitrogens with zero attached hydrogens (tertiary/aromatic N) is 1. The Hall–Kier alpha value is -3.06. The molecule has 2 fully saturated rings. The number of fused-ring (bicyclic) bond motifs is 3. The third kappa shape index (κ3) is 9.23. The van der Waals surface area contributed by atoms with E-state index in [4.69, 9.17) is 14.2 Å². The Bertz CT molecular complexity index is 1520.